The molecule has 0 aliphatic rings. The van der Waals surface area contributed by atoms with E-state index in [0.29, 0.717) is 18.7 Å². The Bertz CT molecular complexity index is 961. The number of furan rings is 1. The van der Waals surface area contributed by atoms with Gasteiger partial charge in [0, 0.05) is 19.3 Å². The van der Waals surface area contributed by atoms with Crippen molar-refractivity contribution in [3.8, 4) is 0 Å². The second kappa shape index (κ2) is 9.92. The molecule has 5 nitrogen and oxygen atoms in total. The quantitative estimate of drug-likeness (QED) is 0.539. The number of nitrogens with zero attached hydrogens (tertiary/aromatic N) is 2. The summed E-state index contributed by atoms with van der Waals surface area (Å²) in [6.45, 7) is 5.26. The molecular formula is C25H28N2O3. The molecule has 0 spiro atoms. The van der Waals surface area contributed by atoms with E-state index in [9.17, 15) is 9.59 Å². The Labute approximate surface area is 177 Å². The summed E-state index contributed by atoms with van der Waals surface area (Å²) in [7, 11) is 1.82. The second-order valence-electron chi connectivity index (χ2n) is 7.51. The van der Waals surface area contributed by atoms with Gasteiger partial charge in [-0.1, -0.05) is 48.9 Å². The van der Waals surface area contributed by atoms with Crippen LogP contribution in [0.15, 0.2) is 71.3 Å². The summed E-state index contributed by atoms with van der Waals surface area (Å²) in [6.07, 6.45) is 2.78. The smallest absolute Gasteiger partial charge is 0.294 e. The summed E-state index contributed by atoms with van der Waals surface area (Å²) in [5.41, 5.74) is 3.88. The molecule has 0 atom stereocenters. The van der Waals surface area contributed by atoms with Gasteiger partial charge in [-0.2, -0.15) is 0 Å². The molecule has 3 aromatic rings. The Hall–Kier alpha value is -3.34. The lowest BCUT2D eigenvalue weighted by Crippen LogP contribution is -2.30. The van der Waals surface area contributed by atoms with E-state index in [1.807, 2.05) is 62.5 Å². The van der Waals surface area contributed by atoms with Gasteiger partial charge in [-0.15, -0.1) is 0 Å². The monoisotopic (exact) mass is 404 g/mol. The Morgan fingerprint density at radius 1 is 0.933 bits per heavy atom. The van der Waals surface area contributed by atoms with Crippen LogP contribution in [-0.4, -0.2) is 30.3 Å². The minimum Gasteiger partial charge on any atom is -0.459 e. The van der Waals surface area contributed by atoms with Gasteiger partial charge in [0.15, 0.2) is 5.76 Å². The maximum atomic E-state index is 13.1. The van der Waals surface area contributed by atoms with Gasteiger partial charge >= 0.3 is 0 Å². The van der Waals surface area contributed by atoms with E-state index in [1.54, 1.807) is 21.9 Å². The number of hydrogen-bond donors (Lipinski definition) is 0. The van der Waals surface area contributed by atoms with E-state index < -0.39 is 0 Å². The summed E-state index contributed by atoms with van der Waals surface area (Å²) in [5, 5.41) is 0. The molecule has 0 bridgehead atoms. The number of rotatable bonds is 8. The van der Waals surface area contributed by atoms with Crippen molar-refractivity contribution >= 4 is 17.5 Å². The van der Waals surface area contributed by atoms with Gasteiger partial charge in [-0.25, -0.2) is 0 Å². The van der Waals surface area contributed by atoms with Crippen molar-refractivity contribution in [2.75, 3.05) is 18.5 Å². The summed E-state index contributed by atoms with van der Waals surface area (Å²) < 4.78 is 5.34. The molecule has 0 saturated carbocycles. The average Bonchev–Trinajstić information content (AvgIpc) is 3.29. The zero-order chi connectivity index (χ0) is 21.5. The van der Waals surface area contributed by atoms with Crippen molar-refractivity contribution in [2.45, 2.75) is 33.2 Å². The maximum absolute atomic E-state index is 13.1. The topological polar surface area (TPSA) is 53.8 Å². The third kappa shape index (κ3) is 5.38. The summed E-state index contributed by atoms with van der Waals surface area (Å²) >= 11 is 0. The van der Waals surface area contributed by atoms with Crippen LogP contribution in [0.5, 0.6) is 0 Å². The van der Waals surface area contributed by atoms with Crippen LogP contribution in [0, 0.1) is 6.92 Å². The van der Waals surface area contributed by atoms with Crippen LogP contribution in [0.3, 0.4) is 0 Å². The Kier molecular flexibility index (Phi) is 7.07. The Morgan fingerprint density at radius 3 is 2.20 bits per heavy atom. The number of carbonyl (C=O) groups excluding carboxylic acids is 2. The zero-order valence-electron chi connectivity index (χ0n) is 17.8. The van der Waals surface area contributed by atoms with E-state index >= 15 is 0 Å². The first-order chi connectivity index (χ1) is 14.5. The third-order valence-corrected chi connectivity index (χ3v) is 5.03. The molecule has 0 unspecified atom stereocenters. The fourth-order valence-electron chi connectivity index (χ4n) is 3.25. The first-order valence-electron chi connectivity index (χ1n) is 10.2. The number of amides is 2. The first kappa shape index (κ1) is 21.4. The number of anilines is 1. The van der Waals surface area contributed by atoms with Crippen molar-refractivity contribution in [3.05, 3.63) is 89.4 Å². The molecule has 1 heterocycles. The highest BCUT2D eigenvalue weighted by atomic mass is 16.3. The molecule has 156 valence electrons. The SMILES string of the molecule is CCCN(C)C(=O)Cc1ccc(N(Cc2ccc(C)cc2)C(=O)c2ccco2)cc1. The standard InChI is InChI=1S/C25H28N2O3/c1-4-15-26(3)24(28)17-20-11-13-22(14-12-20)27(25(29)23-6-5-16-30-23)18-21-9-7-19(2)8-10-21/h5-14,16H,4,15,17-18H2,1-3H3. The van der Waals surface area contributed by atoms with Crippen LogP contribution < -0.4 is 4.90 Å². The van der Waals surface area contributed by atoms with Crippen LogP contribution in [0.25, 0.3) is 0 Å². The van der Waals surface area contributed by atoms with Crippen LogP contribution in [0.2, 0.25) is 0 Å². The molecule has 5 heteroatoms. The molecule has 3 rings (SSSR count). The predicted octanol–water partition coefficient (Wildman–Crippen LogP) is 4.85. The first-order valence-corrected chi connectivity index (χ1v) is 10.2. The number of aryl methyl sites for hydroxylation is 1. The number of benzene rings is 2. The predicted molar refractivity (Wildman–Crippen MR) is 118 cm³/mol. The lowest BCUT2D eigenvalue weighted by atomic mass is 10.1. The molecule has 2 amide bonds. The lowest BCUT2D eigenvalue weighted by molar-refractivity contribution is -0.129. The second-order valence-corrected chi connectivity index (χ2v) is 7.51. The Balaban J connectivity index is 1.81. The van der Waals surface area contributed by atoms with Gasteiger partial charge in [0.2, 0.25) is 5.91 Å². The van der Waals surface area contributed by atoms with E-state index in [1.165, 1.54) is 11.8 Å². The molecule has 2 aromatic carbocycles. The van der Waals surface area contributed by atoms with Crippen molar-refractivity contribution in [3.63, 3.8) is 0 Å². The minimum absolute atomic E-state index is 0.0905. The summed E-state index contributed by atoms with van der Waals surface area (Å²) in [5.74, 6) is 0.183. The number of hydrogen-bond acceptors (Lipinski definition) is 3. The van der Waals surface area contributed by atoms with E-state index in [-0.39, 0.29) is 11.8 Å². The normalized spacial score (nSPS) is 10.6. The van der Waals surface area contributed by atoms with E-state index in [4.69, 9.17) is 4.42 Å². The molecule has 0 N–H and O–H groups in total. The molecule has 0 radical (unpaired) electrons. The highest BCUT2D eigenvalue weighted by Gasteiger charge is 2.21. The minimum atomic E-state index is -0.202. The molecule has 1 aromatic heterocycles. The molecule has 30 heavy (non-hydrogen) atoms. The van der Waals surface area contributed by atoms with Gasteiger partial charge in [0.25, 0.3) is 5.91 Å². The van der Waals surface area contributed by atoms with E-state index in [0.717, 1.165) is 29.8 Å². The van der Waals surface area contributed by atoms with Crippen LogP contribution in [0.4, 0.5) is 5.69 Å². The fraction of sp³-hybridized carbons (Fsp3) is 0.280. The fourth-order valence-corrected chi connectivity index (χ4v) is 3.25. The van der Waals surface area contributed by atoms with Gasteiger partial charge in [-0.05, 0) is 48.7 Å². The van der Waals surface area contributed by atoms with Crippen LogP contribution >= 0.6 is 0 Å². The van der Waals surface area contributed by atoms with Gasteiger partial charge in [-0.3, -0.25) is 9.59 Å². The van der Waals surface area contributed by atoms with Gasteiger partial charge < -0.3 is 14.2 Å². The lowest BCUT2D eigenvalue weighted by Gasteiger charge is -2.23. The molecular weight excluding hydrogens is 376 g/mol. The summed E-state index contributed by atoms with van der Waals surface area (Å²) in [4.78, 5) is 28.8. The van der Waals surface area contributed by atoms with Crippen molar-refractivity contribution in [1.29, 1.82) is 0 Å². The van der Waals surface area contributed by atoms with Crippen molar-refractivity contribution in [1.82, 2.24) is 4.90 Å². The van der Waals surface area contributed by atoms with Crippen molar-refractivity contribution < 1.29 is 14.0 Å². The van der Waals surface area contributed by atoms with Crippen molar-refractivity contribution in [2.24, 2.45) is 0 Å². The number of carbonyl (C=O) groups is 2. The summed E-state index contributed by atoms with van der Waals surface area (Å²) in [6, 6.07) is 19.1. The highest BCUT2D eigenvalue weighted by molar-refractivity contribution is 6.04. The zero-order valence-corrected chi connectivity index (χ0v) is 17.8. The Morgan fingerprint density at radius 2 is 1.60 bits per heavy atom. The third-order valence-electron chi connectivity index (χ3n) is 5.03. The molecule has 0 saturated heterocycles. The molecule has 0 aliphatic carbocycles. The average molecular weight is 405 g/mol. The number of likely N-dealkylation sites (N-methyl/N-ethyl adjacent to an activating group) is 1. The van der Waals surface area contributed by atoms with Crippen LogP contribution in [0.1, 0.15) is 40.6 Å². The highest BCUT2D eigenvalue weighted by Crippen LogP contribution is 2.22. The maximum Gasteiger partial charge on any atom is 0.294 e. The van der Waals surface area contributed by atoms with Gasteiger partial charge in [0.05, 0.1) is 19.2 Å². The van der Waals surface area contributed by atoms with Gasteiger partial charge in [0.1, 0.15) is 0 Å². The molecule has 0 aliphatic heterocycles. The van der Waals surface area contributed by atoms with E-state index in [2.05, 4.69) is 6.92 Å². The molecule has 0 fully saturated rings. The van der Waals surface area contributed by atoms with Crippen LogP contribution in [-0.2, 0) is 17.8 Å². The largest absolute Gasteiger partial charge is 0.459 e.